The number of rotatable bonds is 5. The highest BCUT2D eigenvalue weighted by Gasteiger charge is 2.70. The quantitative estimate of drug-likeness (QED) is 0.594. The Hall–Kier alpha value is -3.60. The summed E-state index contributed by atoms with van der Waals surface area (Å²) in [5, 5.41) is 10.8. The minimum atomic E-state index is -1.00. The van der Waals surface area contributed by atoms with Crippen LogP contribution in [0.25, 0.3) is 0 Å². The van der Waals surface area contributed by atoms with Gasteiger partial charge in [0.25, 0.3) is 0 Å². The molecular weight excluding hydrogens is 438 g/mol. The number of amides is 1. The number of likely N-dealkylation sites (tertiary alicyclic amines) is 1. The third-order valence-corrected chi connectivity index (χ3v) is 8.91. The van der Waals surface area contributed by atoms with Crippen LogP contribution in [0.5, 0.6) is 5.75 Å². The summed E-state index contributed by atoms with van der Waals surface area (Å²) in [5.74, 6) is -0.439. The van der Waals surface area contributed by atoms with E-state index in [1.54, 1.807) is 7.11 Å². The van der Waals surface area contributed by atoms with Gasteiger partial charge in [0, 0.05) is 35.9 Å². The van der Waals surface area contributed by atoms with Gasteiger partial charge in [-0.2, -0.15) is 0 Å². The summed E-state index contributed by atoms with van der Waals surface area (Å²) in [5.41, 5.74) is 2.93. The molecule has 2 bridgehead atoms. The second-order valence-corrected chi connectivity index (χ2v) is 10.2. The van der Waals surface area contributed by atoms with E-state index in [0.29, 0.717) is 12.3 Å². The Morgan fingerprint density at radius 2 is 1.71 bits per heavy atom. The van der Waals surface area contributed by atoms with Crippen molar-refractivity contribution < 1.29 is 19.4 Å². The number of carbonyl (C=O) groups excluding carboxylic acids is 1. The molecule has 5 nitrogen and oxygen atoms in total. The number of fused-ring (bicyclic) bond motifs is 1. The Morgan fingerprint density at radius 3 is 2.49 bits per heavy atom. The molecule has 7 rings (SSSR count). The fourth-order valence-electron chi connectivity index (χ4n) is 7.50. The molecule has 1 heterocycles. The maximum atomic E-state index is 13.6. The van der Waals surface area contributed by atoms with E-state index in [9.17, 15) is 14.7 Å². The summed E-state index contributed by atoms with van der Waals surface area (Å²) in [6, 6.07) is 26.2. The molecular formula is C30H29NO4. The van der Waals surface area contributed by atoms with Crippen molar-refractivity contribution in [3.8, 4) is 5.75 Å². The van der Waals surface area contributed by atoms with Crippen LogP contribution in [0, 0.1) is 11.3 Å². The number of methoxy groups -OCH3 is 1. The molecule has 4 aliphatic rings. The highest BCUT2D eigenvalue weighted by atomic mass is 16.5. The van der Waals surface area contributed by atoms with E-state index in [0.717, 1.165) is 29.5 Å². The fourth-order valence-corrected chi connectivity index (χ4v) is 7.50. The second kappa shape index (κ2) is 7.98. The van der Waals surface area contributed by atoms with E-state index >= 15 is 0 Å². The highest BCUT2D eigenvalue weighted by Crippen LogP contribution is 2.68. The number of carboxylic acid groups (broad SMARTS) is 1. The average molecular weight is 468 g/mol. The van der Waals surface area contributed by atoms with Gasteiger partial charge in [0.1, 0.15) is 5.75 Å². The van der Waals surface area contributed by atoms with Gasteiger partial charge in [0.05, 0.1) is 18.9 Å². The molecule has 5 heteroatoms. The molecule has 4 atom stereocenters. The average Bonchev–Trinajstić information content (AvgIpc) is 3.34. The van der Waals surface area contributed by atoms with Crippen molar-refractivity contribution >= 4 is 11.9 Å². The predicted octanol–water partition coefficient (Wildman–Crippen LogP) is 4.64. The Morgan fingerprint density at radius 1 is 1.00 bits per heavy atom. The fraction of sp³-hybridized carbons (Fsp3) is 0.333. The van der Waals surface area contributed by atoms with Gasteiger partial charge < -0.3 is 14.7 Å². The largest absolute Gasteiger partial charge is 0.496 e. The van der Waals surface area contributed by atoms with Crippen LogP contribution in [0.4, 0.5) is 0 Å². The van der Waals surface area contributed by atoms with Crippen LogP contribution in [0.15, 0.2) is 78.9 Å². The molecule has 3 aromatic carbocycles. The molecule has 1 saturated heterocycles. The third-order valence-electron chi connectivity index (χ3n) is 8.91. The molecule has 3 aromatic rings. The summed E-state index contributed by atoms with van der Waals surface area (Å²) in [4.78, 5) is 28.6. The van der Waals surface area contributed by atoms with Crippen molar-refractivity contribution in [1.29, 1.82) is 0 Å². The number of hydrogen-bond acceptors (Lipinski definition) is 3. The number of hydrogen-bond donors (Lipinski definition) is 1. The SMILES string of the molecule is COc1ccccc1CC(=O)N1C[C@@H]2[C@@]3(c4ccccc4)CC[C@H](c4ccccc43)[C@]2(C(=O)O)C1. The van der Waals surface area contributed by atoms with E-state index in [4.69, 9.17) is 4.74 Å². The van der Waals surface area contributed by atoms with Crippen molar-refractivity contribution in [2.45, 2.75) is 30.6 Å². The van der Waals surface area contributed by atoms with Crippen LogP contribution in [0.1, 0.15) is 41.0 Å². The van der Waals surface area contributed by atoms with Gasteiger partial charge in [-0.3, -0.25) is 9.59 Å². The third kappa shape index (κ3) is 2.94. The highest BCUT2D eigenvalue weighted by molar-refractivity contribution is 5.85. The first-order chi connectivity index (χ1) is 17.0. The number of aliphatic carboxylic acids is 1. The summed E-state index contributed by atoms with van der Waals surface area (Å²) in [6.07, 6.45) is 1.90. The summed E-state index contributed by atoms with van der Waals surface area (Å²) in [7, 11) is 1.60. The van der Waals surface area contributed by atoms with Crippen molar-refractivity contribution in [1.82, 2.24) is 4.90 Å². The van der Waals surface area contributed by atoms with Crippen molar-refractivity contribution in [3.05, 3.63) is 101 Å². The first-order valence-corrected chi connectivity index (χ1v) is 12.3. The van der Waals surface area contributed by atoms with Gasteiger partial charge in [-0.25, -0.2) is 0 Å². The Labute approximate surface area is 205 Å². The predicted molar refractivity (Wildman–Crippen MR) is 132 cm³/mol. The number of ether oxygens (including phenoxy) is 1. The topological polar surface area (TPSA) is 66.8 Å². The Bertz CT molecular complexity index is 1300. The number of para-hydroxylation sites is 1. The van der Waals surface area contributed by atoms with E-state index in [1.165, 1.54) is 5.56 Å². The maximum Gasteiger partial charge on any atom is 0.312 e. The summed E-state index contributed by atoms with van der Waals surface area (Å²) >= 11 is 0. The van der Waals surface area contributed by atoms with Crippen LogP contribution in [-0.2, 0) is 21.4 Å². The molecule has 1 aliphatic heterocycles. The zero-order valence-electron chi connectivity index (χ0n) is 19.8. The molecule has 35 heavy (non-hydrogen) atoms. The molecule has 178 valence electrons. The van der Waals surface area contributed by atoms with Gasteiger partial charge in [0.2, 0.25) is 5.91 Å². The number of nitrogens with zero attached hydrogens (tertiary/aromatic N) is 1. The molecule has 0 radical (unpaired) electrons. The van der Waals surface area contributed by atoms with Gasteiger partial charge in [-0.05, 0) is 35.6 Å². The van der Waals surface area contributed by atoms with E-state index in [-0.39, 0.29) is 30.7 Å². The number of carboxylic acids is 1. The van der Waals surface area contributed by atoms with Gasteiger partial charge >= 0.3 is 5.97 Å². The lowest BCUT2D eigenvalue weighted by atomic mass is 9.42. The van der Waals surface area contributed by atoms with Crippen LogP contribution in [-0.4, -0.2) is 42.1 Å². The van der Waals surface area contributed by atoms with Gasteiger partial charge in [-0.1, -0.05) is 72.8 Å². The van der Waals surface area contributed by atoms with Gasteiger partial charge in [-0.15, -0.1) is 0 Å². The molecule has 0 spiro atoms. The molecule has 1 saturated carbocycles. The van der Waals surface area contributed by atoms with Crippen LogP contribution >= 0.6 is 0 Å². The monoisotopic (exact) mass is 467 g/mol. The molecule has 3 aliphatic carbocycles. The Kier molecular flexibility index (Phi) is 4.99. The number of benzene rings is 3. The van der Waals surface area contributed by atoms with Gasteiger partial charge in [0.15, 0.2) is 0 Å². The lowest BCUT2D eigenvalue weighted by Crippen LogP contribution is -2.60. The summed E-state index contributed by atoms with van der Waals surface area (Å²) < 4.78 is 5.46. The molecule has 0 unspecified atom stereocenters. The van der Waals surface area contributed by atoms with Crippen molar-refractivity contribution in [2.24, 2.45) is 11.3 Å². The first kappa shape index (κ1) is 21.9. The molecule has 1 N–H and O–H groups in total. The minimum Gasteiger partial charge on any atom is -0.496 e. The van der Waals surface area contributed by atoms with Crippen molar-refractivity contribution in [3.63, 3.8) is 0 Å². The smallest absolute Gasteiger partial charge is 0.312 e. The summed E-state index contributed by atoms with van der Waals surface area (Å²) in [6.45, 7) is 0.689. The van der Waals surface area contributed by atoms with Crippen LogP contribution < -0.4 is 4.74 Å². The lowest BCUT2D eigenvalue weighted by Gasteiger charge is -2.59. The molecule has 0 aromatic heterocycles. The van der Waals surface area contributed by atoms with E-state index < -0.39 is 16.8 Å². The standard InChI is InChI=1S/C30H29NO4/c1-35-25-14-8-5-9-20(25)17-27(32)31-18-26-29(21-10-3-2-4-11-21)16-15-24(30(26,19-31)28(33)34)22-12-6-7-13-23(22)29/h2-14,24,26H,15-19H2,1H3,(H,33,34)/t24-,26-,29-,30-/m1/s1. The molecule has 1 amide bonds. The van der Waals surface area contributed by atoms with E-state index in [1.807, 2.05) is 53.4 Å². The zero-order valence-corrected chi connectivity index (χ0v) is 19.8. The maximum absolute atomic E-state index is 13.6. The number of carbonyl (C=O) groups is 2. The first-order valence-electron chi connectivity index (χ1n) is 12.3. The zero-order chi connectivity index (χ0) is 24.2. The Balaban J connectivity index is 1.46. The normalized spacial score (nSPS) is 28.3. The van der Waals surface area contributed by atoms with Crippen LogP contribution in [0.2, 0.25) is 0 Å². The molecule has 2 fully saturated rings. The second-order valence-electron chi connectivity index (χ2n) is 10.2. The van der Waals surface area contributed by atoms with Crippen LogP contribution in [0.3, 0.4) is 0 Å². The minimum absolute atomic E-state index is 0.0452. The van der Waals surface area contributed by atoms with Crippen molar-refractivity contribution in [2.75, 3.05) is 20.2 Å². The van der Waals surface area contributed by atoms with E-state index in [2.05, 4.69) is 30.3 Å². The lowest BCUT2D eigenvalue weighted by molar-refractivity contribution is -0.157.